The molecule has 3 N–H and O–H groups in total. The second-order valence-electron chi connectivity index (χ2n) is 4.32. The maximum Gasteiger partial charge on any atom is 0.259 e. The molecule has 5 nitrogen and oxygen atoms in total. The van der Waals surface area contributed by atoms with Crippen molar-refractivity contribution in [2.45, 2.75) is 0 Å². The van der Waals surface area contributed by atoms with Gasteiger partial charge in [-0.3, -0.25) is 10.2 Å². The second-order valence-corrected chi connectivity index (χ2v) is 5.18. The smallest absolute Gasteiger partial charge is 0.259 e. The minimum atomic E-state index is -0.0917. The van der Waals surface area contributed by atoms with E-state index >= 15 is 0 Å². The van der Waals surface area contributed by atoms with Crippen molar-refractivity contribution in [2.75, 3.05) is 27.7 Å². The van der Waals surface area contributed by atoms with E-state index in [1.54, 1.807) is 38.4 Å². The van der Waals surface area contributed by atoms with Crippen LogP contribution in [-0.2, 0) is 4.79 Å². The van der Waals surface area contributed by atoms with E-state index in [4.69, 9.17) is 10.1 Å². The summed E-state index contributed by atoms with van der Waals surface area (Å²) in [5.41, 5.74) is 1.18. The third kappa shape index (κ3) is 4.79. The Hall–Kier alpha value is -1.66. The van der Waals surface area contributed by atoms with Gasteiger partial charge in [0.05, 0.1) is 17.2 Å². The van der Waals surface area contributed by atoms with Crippen LogP contribution in [-0.4, -0.2) is 44.3 Å². The van der Waals surface area contributed by atoms with Crippen molar-refractivity contribution in [1.29, 1.82) is 5.41 Å². The summed E-state index contributed by atoms with van der Waals surface area (Å²) >= 11 is 3.35. The minimum Gasteiger partial charge on any atom is -0.484 e. The maximum atomic E-state index is 11.4. The molecule has 0 radical (unpaired) electrons. The lowest BCUT2D eigenvalue weighted by Crippen LogP contribution is -2.73. The fourth-order valence-electron chi connectivity index (χ4n) is 1.36. The first-order chi connectivity index (χ1) is 9.45. The van der Waals surface area contributed by atoms with Crippen LogP contribution in [0.1, 0.15) is 5.56 Å². The van der Waals surface area contributed by atoms with Crippen LogP contribution in [0.2, 0.25) is 0 Å². The molecule has 6 heteroatoms. The van der Waals surface area contributed by atoms with Crippen molar-refractivity contribution in [2.24, 2.45) is 0 Å². The van der Waals surface area contributed by atoms with Crippen molar-refractivity contribution in [3.05, 3.63) is 40.5 Å². The molecule has 1 amide bonds. The van der Waals surface area contributed by atoms with Gasteiger partial charge in [-0.2, -0.15) is 0 Å². The van der Waals surface area contributed by atoms with Crippen molar-refractivity contribution in [1.82, 2.24) is 4.90 Å². The van der Waals surface area contributed by atoms with Gasteiger partial charge in [0.15, 0.2) is 6.61 Å². The Morgan fingerprint density at radius 2 is 2.00 bits per heavy atom. The lowest BCUT2D eigenvalue weighted by Gasteiger charge is -2.11. The highest BCUT2D eigenvalue weighted by Gasteiger charge is 2.08. The highest BCUT2D eigenvalue weighted by Crippen LogP contribution is 2.17. The van der Waals surface area contributed by atoms with Crippen molar-refractivity contribution >= 4 is 27.5 Å². The molecule has 0 fully saturated rings. The summed E-state index contributed by atoms with van der Waals surface area (Å²) in [4.78, 5) is 12.9. The van der Waals surface area contributed by atoms with Crippen LogP contribution in [0, 0.1) is 5.41 Å². The summed E-state index contributed by atoms with van der Waals surface area (Å²) in [5.74, 6) is 0.518. The fraction of sp³-hybridized carbons (Fsp3) is 0.286. The molecule has 1 rings (SSSR count). The molecule has 0 atom stereocenters. The number of hydrogen-bond donors (Lipinski definition) is 2. The van der Waals surface area contributed by atoms with Crippen LogP contribution in [0.15, 0.2) is 34.9 Å². The molecular weight excluding hydrogens is 322 g/mol. The maximum absolute atomic E-state index is 11.4. The summed E-state index contributed by atoms with van der Waals surface area (Å²) in [6.45, 7) is 0.0121. The van der Waals surface area contributed by atoms with Gasteiger partial charge in [0.1, 0.15) is 11.9 Å². The lowest BCUT2D eigenvalue weighted by atomic mass is 10.1. The van der Waals surface area contributed by atoms with Crippen LogP contribution >= 0.6 is 15.9 Å². The van der Waals surface area contributed by atoms with E-state index in [-0.39, 0.29) is 12.5 Å². The van der Waals surface area contributed by atoms with Gasteiger partial charge >= 0.3 is 0 Å². The molecule has 0 aliphatic carbocycles. The molecule has 0 saturated heterocycles. The summed E-state index contributed by atoms with van der Waals surface area (Å²) in [6.07, 6.45) is 1.82. The van der Waals surface area contributed by atoms with Gasteiger partial charge in [-0.15, -0.1) is 0 Å². The number of nitrogens with two attached hydrogens (primary N) is 1. The number of carbonyl (C=O) groups excluding carboxylic acids is 1. The van der Waals surface area contributed by atoms with Gasteiger partial charge in [0.2, 0.25) is 0 Å². The number of ether oxygens (including phenoxy) is 1. The second kappa shape index (κ2) is 7.81. The van der Waals surface area contributed by atoms with E-state index in [1.807, 2.05) is 18.6 Å². The molecule has 0 aliphatic heterocycles. The van der Waals surface area contributed by atoms with Crippen LogP contribution < -0.4 is 10.1 Å². The number of nitrogens with one attached hydrogen (secondary N) is 1. The monoisotopic (exact) mass is 340 g/mol. The van der Waals surface area contributed by atoms with E-state index in [0.717, 1.165) is 10.0 Å². The first kappa shape index (κ1) is 16.4. The van der Waals surface area contributed by atoms with E-state index in [2.05, 4.69) is 15.9 Å². The van der Waals surface area contributed by atoms with Gasteiger partial charge in [0.25, 0.3) is 5.91 Å². The molecule has 20 heavy (non-hydrogen) atoms. The Balaban J connectivity index is 2.67. The van der Waals surface area contributed by atoms with E-state index in [1.165, 1.54) is 4.90 Å². The van der Waals surface area contributed by atoms with Gasteiger partial charge in [-0.1, -0.05) is 0 Å². The quantitative estimate of drug-likeness (QED) is 0.757. The number of amides is 1. The van der Waals surface area contributed by atoms with Crippen LogP contribution in [0.4, 0.5) is 0 Å². The topological polar surface area (TPSA) is 70.0 Å². The largest absolute Gasteiger partial charge is 0.484 e. The number of likely N-dealkylation sites (N-methyl/N-ethyl adjacent to an activating group) is 1. The van der Waals surface area contributed by atoms with Crippen LogP contribution in [0.25, 0.3) is 0 Å². The van der Waals surface area contributed by atoms with E-state index < -0.39 is 0 Å². The van der Waals surface area contributed by atoms with Crippen molar-refractivity contribution in [3.8, 4) is 5.75 Å². The molecule has 0 spiro atoms. The van der Waals surface area contributed by atoms with Crippen LogP contribution in [0.5, 0.6) is 5.75 Å². The number of benzene rings is 1. The third-order valence-corrected chi connectivity index (χ3v) is 3.22. The van der Waals surface area contributed by atoms with Crippen molar-refractivity contribution in [3.63, 3.8) is 0 Å². The van der Waals surface area contributed by atoms with Crippen molar-refractivity contribution < 1.29 is 14.8 Å². The number of carbonyl (C=O) groups is 1. The first-order valence-corrected chi connectivity index (χ1v) is 6.92. The number of rotatable bonds is 6. The highest BCUT2D eigenvalue weighted by molar-refractivity contribution is 9.12. The predicted molar refractivity (Wildman–Crippen MR) is 82.3 cm³/mol. The zero-order valence-electron chi connectivity index (χ0n) is 11.8. The fourth-order valence-corrected chi connectivity index (χ4v) is 1.85. The number of hydrogen-bond acceptors (Lipinski definition) is 3. The summed E-state index contributed by atoms with van der Waals surface area (Å²) < 4.78 is 6.10. The Labute approximate surface area is 127 Å². The van der Waals surface area contributed by atoms with E-state index in [0.29, 0.717) is 11.5 Å². The summed E-state index contributed by atoms with van der Waals surface area (Å²) in [7, 11) is 5.27. The van der Waals surface area contributed by atoms with Gasteiger partial charge in [-0.05, 0) is 40.2 Å². The summed E-state index contributed by atoms with van der Waals surface area (Å²) in [6, 6.07) is 7.09. The number of quaternary nitrogens is 1. The Morgan fingerprint density at radius 1 is 1.40 bits per heavy atom. The average Bonchev–Trinajstić information content (AvgIpc) is 2.44. The zero-order chi connectivity index (χ0) is 15.1. The standard InChI is InChI=1S/C14H18BrN3O2/c1-17-8-12(15)14(16)10-4-6-11(7-5-10)20-9-13(19)18(2)3/h4-8,16-17H,9H2,1-3H3/p+1/b12-8+,16-14?. The summed E-state index contributed by atoms with van der Waals surface area (Å²) in [5, 5.41) is 9.86. The normalized spacial score (nSPS) is 11.1. The molecule has 0 saturated carbocycles. The van der Waals surface area contributed by atoms with Gasteiger partial charge < -0.3 is 15.0 Å². The van der Waals surface area contributed by atoms with E-state index in [9.17, 15) is 4.79 Å². The first-order valence-electron chi connectivity index (χ1n) is 6.13. The zero-order valence-corrected chi connectivity index (χ0v) is 13.4. The molecule has 0 aromatic heterocycles. The Bertz CT molecular complexity index is 510. The predicted octanol–water partition coefficient (Wildman–Crippen LogP) is 0.951. The third-order valence-electron chi connectivity index (χ3n) is 2.56. The molecule has 0 aliphatic rings. The molecule has 1 aromatic carbocycles. The van der Waals surface area contributed by atoms with Gasteiger partial charge in [-0.25, -0.2) is 0 Å². The Kier molecular flexibility index (Phi) is 6.41. The molecule has 0 bridgehead atoms. The minimum absolute atomic E-state index is 0.0121. The molecule has 1 aromatic rings. The number of nitrogens with zero attached hydrogens (tertiary/aromatic N) is 1. The van der Waals surface area contributed by atoms with Crippen LogP contribution in [0.3, 0.4) is 0 Å². The van der Waals surface area contributed by atoms with Gasteiger partial charge in [0, 0.05) is 19.7 Å². The number of halogens is 1. The molecule has 0 heterocycles. The molecule has 0 unspecified atom stereocenters. The average molecular weight is 341 g/mol. The lowest BCUT2D eigenvalue weighted by molar-refractivity contribution is -0.556. The molecular formula is C14H19BrN3O2+. The molecule has 108 valence electrons. The highest BCUT2D eigenvalue weighted by atomic mass is 79.9. The Morgan fingerprint density at radius 3 is 2.50 bits per heavy atom. The SMILES string of the molecule is C[NH2+]/C=C(/Br)C(=N)c1ccc(OCC(=O)N(C)C)cc1. The number of allylic oxidation sites excluding steroid dienone is 1.